The zero-order valence-electron chi connectivity index (χ0n) is 18.1. The van der Waals surface area contributed by atoms with Crippen LogP contribution < -0.4 is 19.7 Å². The van der Waals surface area contributed by atoms with Crippen LogP contribution in [0.2, 0.25) is 0 Å². The molecule has 6 nitrogen and oxygen atoms in total. The number of nitrogens with one attached hydrogen (secondary N) is 1. The number of aryl methyl sites for hydroxylation is 1. The van der Waals surface area contributed by atoms with E-state index < -0.39 is 6.10 Å². The largest absolute Gasteiger partial charge is 0.492 e. The molecule has 1 N–H and O–H groups in total. The Morgan fingerprint density at radius 1 is 1.20 bits per heavy atom. The number of amides is 2. The molecule has 0 fully saturated rings. The summed E-state index contributed by atoms with van der Waals surface area (Å²) in [5, 5.41) is 2.96. The predicted molar refractivity (Wildman–Crippen MR) is 118 cm³/mol. The van der Waals surface area contributed by atoms with Crippen LogP contribution in [-0.2, 0) is 9.59 Å². The minimum absolute atomic E-state index is 0.00305. The first kappa shape index (κ1) is 21.7. The second kappa shape index (κ2) is 9.65. The summed E-state index contributed by atoms with van der Waals surface area (Å²) in [6.45, 7) is 8.54. The quantitative estimate of drug-likeness (QED) is 0.693. The van der Waals surface area contributed by atoms with E-state index in [1.165, 1.54) is 0 Å². The number of hydrogen-bond donors (Lipinski definition) is 1. The second-order valence-corrected chi connectivity index (χ2v) is 7.60. The third-order valence-corrected chi connectivity index (χ3v) is 5.37. The van der Waals surface area contributed by atoms with Crippen molar-refractivity contribution in [1.29, 1.82) is 0 Å². The molecule has 0 saturated carbocycles. The van der Waals surface area contributed by atoms with Crippen LogP contribution in [0.1, 0.15) is 39.2 Å². The van der Waals surface area contributed by atoms with Gasteiger partial charge in [-0.1, -0.05) is 26.0 Å². The molecule has 0 radical (unpaired) electrons. The Balaban J connectivity index is 1.72. The van der Waals surface area contributed by atoms with Gasteiger partial charge in [0.05, 0.1) is 12.2 Å². The van der Waals surface area contributed by atoms with Gasteiger partial charge < -0.3 is 19.7 Å². The number of fused-ring (bicyclic) bond motifs is 1. The summed E-state index contributed by atoms with van der Waals surface area (Å²) in [5.74, 6) is 1.24. The summed E-state index contributed by atoms with van der Waals surface area (Å²) in [6, 6.07) is 13.2. The standard InChI is InChI=1S/C24H30N2O4/c1-5-18(6-2)23(27)25-19-10-11-21-22(15-19)30-17(4)24(28)26(21)12-13-29-20-9-7-8-16(3)14-20/h7-11,14-15,17-18H,5-6,12-13H2,1-4H3,(H,25,27). The molecule has 1 aliphatic heterocycles. The Morgan fingerprint density at radius 3 is 2.67 bits per heavy atom. The number of nitrogens with zero attached hydrogens (tertiary/aromatic N) is 1. The molecule has 1 atom stereocenters. The van der Waals surface area contributed by atoms with E-state index in [2.05, 4.69) is 5.32 Å². The summed E-state index contributed by atoms with van der Waals surface area (Å²) in [4.78, 5) is 26.8. The van der Waals surface area contributed by atoms with E-state index in [0.717, 1.165) is 24.2 Å². The van der Waals surface area contributed by atoms with Gasteiger partial charge in [0.2, 0.25) is 5.91 Å². The monoisotopic (exact) mass is 410 g/mol. The van der Waals surface area contributed by atoms with Gasteiger partial charge in [0, 0.05) is 17.7 Å². The van der Waals surface area contributed by atoms with Gasteiger partial charge in [0.25, 0.3) is 5.91 Å². The van der Waals surface area contributed by atoms with E-state index >= 15 is 0 Å². The zero-order chi connectivity index (χ0) is 21.7. The lowest BCUT2D eigenvalue weighted by Gasteiger charge is -2.33. The number of rotatable bonds is 8. The van der Waals surface area contributed by atoms with Gasteiger partial charge in [0.15, 0.2) is 6.10 Å². The number of ether oxygens (including phenoxy) is 2. The molecular formula is C24H30N2O4. The Hall–Kier alpha value is -3.02. The van der Waals surface area contributed by atoms with Crippen LogP contribution in [0.4, 0.5) is 11.4 Å². The molecule has 0 bridgehead atoms. The fraction of sp³-hybridized carbons (Fsp3) is 0.417. The fourth-order valence-electron chi connectivity index (χ4n) is 3.58. The topological polar surface area (TPSA) is 67.9 Å². The van der Waals surface area contributed by atoms with Gasteiger partial charge in [-0.25, -0.2) is 0 Å². The van der Waals surface area contributed by atoms with Crippen LogP contribution in [0.15, 0.2) is 42.5 Å². The van der Waals surface area contributed by atoms with Crippen LogP contribution >= 0.6 is 0 Å². The van der Waals surface area contributed by atoms with Gasteiger partial charge in [-0.3, -0.25) is 9.59 Å². The lowest BCUT2D eigenvalue weighted by molar-refractivity contribution is -0.125. The molecule has 2 aromatic rings. The van der Waals surface area contributed by atoms with E-state index in [1.807, 2.05) is 51.1 Å². The number of carbonyl (C=O) groups excluding carboxylic acids is 2. The minimum Gasteiger partial charge on any atom is -0.492 e. The lowest BCUT2D eigenvalue weighted by atomic mass is 10.0. The molecule has 6 heteroatoms. The highest BCUT2D eigenvalue weighted by molar-refractivity contribution is 6.00. The highest BCUT2D eigenvalue weighted by atomic mass is 16.5. The van der Waals surface area contributed by atoms with Crippen molar-refractivity contribution < 1.29 is 19.1 Å². The van der Waals surface area contributed by atoms with Crippen LogP contribution in [0.25, 0.3) is 0 Å². The molecule has 0 spiro atoms. The van der Waals surface area contributed by atoms with Crippen molar-refractivity contribution >= 4 is 23.2 Å². The third-order valence-electron chi connectivity index (χ3n) is 5.37. The molecule has 2 aromatic carbocycles. The summed E-state index contributed by atoms with van der Waals surface area (Å²) >= 11 is 0. The fourth-order valence-corrected chi connectivity index (χ4v) is 3.58. The summed E-state index contributed by atoms with van der Waals surface area (Å²) in [7, 11) is 0. The molecule has 2 amide bonds. The van der Waals surface area contributed by atoms with Gasteiger partial charge >= 0.3 is 0 Å². The molecule has 0 aromatic heterocycles. The Morgan fingerprint density at radius 2 is 1.97 bits per heavy atom. The molecule has 30 heavy (non-hydrogen) atoms. The molecule has 0 aliphatic carbocycles. The Labute approximate surface area is 178 Å². The normalized spacial score (nSPS) is 15.6. The first-order valence-corrected chi connectivity index (χ1v) is 10.5. The van der Waals surface area contributed by atoms with Crippen molar-refractivity contribution in [2.24, 2.45) is 5.92 Å². The van der Waals surface area contributed by atoms with E-state index in [9.17, 15) is 9.59 Å². The molecule has 1 aliphatic rings. The van der Waals surface area contributed by atoms with Crippen LogP contribution in [0.5, 0.6) is 11.5 Å². The smallest absolute Gasteiger partial charge is 0.267 e. The molecule has 1 heterocycles. The van der Waals surface area contributed by atoms with Crippen LogP contribution in [0.3, 0.4) is 0 Å². The first-order valence-electron chi connectivity index (χ1n) is 10.5. The lowest BCUT2D eigenvalue weighted by Crippen LogP contribution is -2.46. The molecule has 1 unspecified atom stereocenters. The van der Waals surface area contributed by atoms with Gasteiger partial charge in [-0.05, 0) is 56.5 Å². The van der Waals surface area contributed by atoms with Crippen molar-refractivity contribution in [1.82, 2.24) is 0 Å². The van der Waals surface area contributed by atoms with Gasteiger partial charge in [-0.15, -0.1) is 0 Å². The zero-order valence-corrected chi connectivity index (χ0v) is 18.1. The maximum atomic E-state index is 12.7. The minimum atomic E-state index is -0.596. The molecule has 160 valence electrons. The Bertz CT molecular complexity index is 908. The van der Waals surface area contributed by atoms with Gasteiger partial charge in [-0.2, -0.15) is 0 Å². The van der Waals surface area contributed by atoms with Crippen molar-refractivity contribution in [3.8, 4) is 11.5 Å². The van der Waals surface area contributed by atoms with Gasteiger partial charge in [0.1, 0.15) is 18.1 Å². The Kier molecular flexibility index (Phi) is 6.98. The number of anilines is 2. The van der Waals surface area contributed by atoms with E-state index in [0.29, 0.717) is 30.3 Å². The second-order valence-electron chi connectivity index (χ2n) is 7.60. The molecular weight excluding hydrogens is 380 g/mol. The first-order chi connectivity index (χ1) is 14.4. The number of hydrogen-bond acceptors (Lipinski definition) is 4. The van der Waals surface area contributed by atoms with Crippen LogP contribution in [-0.4, -0.2) is 31.1 Å². The highest BCUT2D eigenvalue weighted by Gasteiger charge is 2.31. The molecule has 0 saturated heterocycles. The number of carbonyl (C=O) groups is 2. The maximum Gasteiger partial charge on any atom is 0.267 e. The maximum absolute atomic E-state index is 12.7. The van der Waals surface area contributed by atoms with Crippen molar-refractivity contribution in [2.45, 2.75) is 46.6 Å². The predicted octanol–water partition coefficient (Wildman–Crippen LogP) is 4.56. The average Bonchev–Trinajstić information content (AvgIpc) is 2.72. The van der Waals surface area contributed by atoms with Crippen molar-refractivity contribution in [3.05, 3.63) is 48.0 Å². The van der Waals surface area contributed by atoms with Crippen molar-refractivity contribution in [2.75, 3.05) is 23.4 Å². The third kappa shape index (κ3) is 4.93. The molecule has 3 rings (SSSR count). The SMILES string of the molecule is CCC(CC)C(=O)Nc1ccc2c(c1)OC(C)C(=O)N2CCOc1cccc(C)c1. The van der Waals surface area contributed by atoms with E-state index in [-0.39, 0.29) is 17.7 Å². The van der Waals surface area contributed by atoms with E-state index in [4.69, 9.17) is 9.47 Å². The summed E-state index contributed by atoms with van der Waals surface area (Å²) in [5.41, 5.74) is 2.48. The number of benzene rings is 2. The summed E-state index contributed by atoms with van der Waals surface area (Å²) in [6.07, 6.45) is 0.995. The highest BCUT2D eigenvalue weighted by Crippen LogP contribution is 2.36. The summed E-state index contributed by atoms with van der Waals surface area (Å²) < 4.78 is 11.6. The van der Waals surface area contributed by atoms with Crippen molar-refractivity contribution in [3.63, 3.8) is 0 Å². The average molecular weight is 411 g/mol. The van der Waals surface area contributed by atoms with E-state index in [1.54, 1.807) is 24.0 Å². The van der Waals surface area contributed by atoms with Crippen LogP contribution in [0, 0.1) is 12.8 Å².